The van der Waals surface area contributed by atoms with Crippen molar-refractivity contribution in [1.29, 1.82) is 0 Å². The SMILES string of the molecule is C[C@@H](c1ccccc1)N1CCNC(=O)c2cc(F)c(-n3ccc4ncccc43)nc21. The minimum Gasteiger partial charge on any atom is -0.350 e. The van der Waals surface area contributed by atoms with Gasteiger partial charge in [-0.05, 0) is 36.8 Å². The molecule has 5 rings (SSSR count). The molecule has 4 heterocycles. The molecule has 1 N–H and O–H groups in total. The summed E-state index contributed by atoms with van der Waals surface area (Å²) < 4.78 is 16.8. The Labute approximate surface area is 173 Å². The number of carbonyl (C=O) groups excluding carboxylic acids is 1. The van der Waals surface area contributed by atoms with Gasteiger partial charge in [0.1, 0.15) is 5.82 Å². The van der Waals surface area contributed by atoms with Gasteiger partial charge in [-0.1, -0.05) is 30.3 Å². The molecule has 0 radical (unpaired) electrons. The van der Waals surface area contributed by atoms with Crippen molar-refractivity contribution >= 4 is 22.8 Å². The summed E-state index contributed by atoms with van der Waals surface area (Å²) in [6, 6.07) is 16.8. The van der Waals surface area contributed by atoms with Gasteiger partial charge >= 0.3 is 0 Å². The number of benzene rings is 1. The molecule has 150 valence electrons. The van der Waals surface area contributed by atoms with Gasteiger partial charge in [0, 0.05) is 25.5 Å². The number of nitrogens with one attached hydrogen (secondary N) is 1. The van der Waals surface area contributed by atoms with E-state index >= 15 is 4.39 Å². The third-order valence-corrected chi connectivity index (χ3v) is 5.53. The monoisotopic (exact) mass is 401 g/mol. The number of aromatic nitrogens is 3. The van der Waals surface area contributed by atoms with E-state index in [1.54, 1.807) is 23.0 Å². The zero-order chi connectivity index (χ0) is 20.7. The molecule has 1 amide bonds. The van der Waals surface area contributed by atoms with E-state index in [-0.39, 0.29) is 23.3 Å². The van der Waals surface area contributed by atoms with Crippen molar-refractivity contribution in [2.75, 3.05) is 18.0 Å². The van der Waals surface area contributed by atoms with E-state index in [4.69, 9.17) is 0 Å². The number of hydrogen-bond acceptors (Lipinski definition) is 4. The van der Waals surface area contributed by atoms with E-state index in [0.717, 1.165) is 16.6 Å². The molecular weight excluding hydrogens is 381 g/mol. The lowest BCUT2D eigenvalue weighted by Gasteiger charge is -2.30. The van der Waals surface area contributed by atoms with Gasteiger partial charge in [0.25, 0.3) is 5.91 Å². The van der Waals surface area contributed by atoms with Crippen LogP contribution in [0.2, 0.25) is 0 Å². The van der Waals surface area contributed by atoms with Gasteiger partial charge in [-0.3, -0.25) is 14.3 Å². The summed E-state index contributed by atoms with van der Waals surface area (Å²) in [6.07, 6.45) is 3.44. The van der Waals surface area contributed by atoms with Crippen molar-refractivity contribution in [1.82, 2.24) is 19.9 Å². The van der Waals surface area contributed by atoms with E-state index in [1.807, 2.05) is 42.5 Å². The third-order valence-electron chi connectivity index (χ3n) is 5.53. The van der Waals surface area contributed by atoms with E-state index in [9.17, 15) is 4.79 Å². The molecule has 3 aromatic heterocycles. The smallest absolute Gasteiger partial charge is 0.255 e. The lowest BCUT2D eigenvalue weighted by atomic mass is 10.1. The first-order chi connectivity index (χ1) is 14.6. The van der Waals surface area contributed by atoms with Gasteiger partial charge in [-0.2, -0.15) is 0 Å². The first kappa shape index (κ1) is 18.3. The Bertz CT molecular complexity index is 1240. The van der Waals surface area contributed by atoms with Crippen LogP contribution in [0.4, 0.5) is 10.2 Å². The standard InChI is InChI=1S/C23H20FN5O/c1-15(16-6-3-2-4-7-16)28-13-11-26-23(30)17-14-18(24)22(27-21(17)28)29-12-9-19-20(29)8-5-10-25-19/h2-10,12,14-15H,11,13H2,1H3,(H,26,30)/t15-/m0/s1. The average molecular weight is 401 g/mol. The second kappa shape index (κ2) is 7.26. The molecule has 0 bridgehead atoms. The Morgan fingerprint density at radius 1 is 1.10 bits per heavy atom. The number of amides is 1. The molecule has 0 aliphatic carbocycles. The molecule has 0 spiro atoms. The number of fused-ring (bicyclic) bond motifs is 2. The molecule has 6 nitrogen and oxygen atoms in total. The van der Waals surface area contributed by atoms with Crippen LogP contribution in [0.25, 0.3) is 16.9 Å². The predicted octanol–water partition coefficient (Wildman–Crippen LogP) is 3.87. The topological polar surface area (TPSA) is 63.1 Å². The number of pyridine rings is 2. The normalized spacial score (nSPS) is 14.9. The summed E-state index contributed by atoms with van der Waals surface area (Å²) in [5.41, 5.74) is 2.85. The fraction of sp³-hybridized carbons (Fsp3) is 0.174. The van der Waals surface area contributed by atoms with Gasteiger partial charge in [-0.25, -0.2) is 9.37 Å². The lowest BCUT2D eigenvalue weighted by Crippen LogP contribution is -2.32. The number of hydrogen-bond donors (Lipinski definition) is 1. The Balaban J connectivity index is 1.68. The zero-order valence-electron chi connectivity index (χ0n) is 16.4. The first-order valence-electron chi connectivity index (χ1n) is 9.86. The molecule has 4 aromatic rings. The zero-order valence-corrected chi connectivity index (χ0v) is 16.4. The Morgan fingerprint density at radius 3 is 2.77 bits per heavy atom. The van der Waals surface area contributed by atoms with Crippen molar-refractivity contribution in [3.8, 4) is 5.82 Å². The van der Waals surface area contributed by atoms with Crippen LogP contribution in [-0.2, 0) is 0 Å². The third kappa shape index (κ3) is 2.99. The van der Waals surface area contributed by atoms with Crippen LogP contribution in [0, 0.1) is 5.82 Å². The number of rotatable bonds is 3. The predicted molar refractivity (Wildman–Crippen MR) is 113 cm³/mol. The van der Waals surface area contributed by atoms with Gasteiger partial charge in [0.05, 0.1) is 22.6 Å². The van der Waals surface area contributed by atoms with Crippen LogP contribution in [0.5, 0.6) is 0 Å². The van der Waals surface area contributed by atoms with Crippen LogP contribution in [0.3, 0.4) is 0 Å². The van der Waals surface area contributed by atoms with E-state index in [0.29, 0.717) is 18.9 Å². The van der Waals surface area contributed by atoms with Crippen LogP contribution in [0.15, 0.2) is 67.0 Å². The van der Waals surface area contributed by atoms with Crippen molar-refractivity contribution in [3.05, 3.63) is 83.9 Å². The number of carbonyl (C=O) groups is 1. The van der Waals surface area contributed by atoms with Gasteiger partial charge in [0.15, 0.2) is 11.6 Å². The van der Waals surface area contributed by atoms with Crippen molar-refractivity contribution in [3.63, 3.8) is 0 Å². The maximum Gasteiger partial charge on any atom is 0.255 e. The van der Waals surface area contributed by atoms with Crippen LogP contribution < -0.4 is 10.2 Å². The summed E-state index contributed by atoms with van der Waals surface area (Å²) in [5.74, 6) is -0.246. The molecule has 30 heavy (non-hydrogen) atoms. The highest BCUT2D eigenvalue weighted by molar-refractivity contribution is 6.00. The van der Waals surface area contributed by atoms with Crippen molar-refractivity contribution < 1.29 is 9.18 Å². The van der Waals surface area contributed by atoms with Crippen molar-refractivity contribution in [2.45, 2.75) is 13.0 Å². The van der Waals surface area contributed by atoms with Crippen LogP contribution in [0.1, 0.15) is 28.9 Å². The first-order valence-corrected chi connectivity index (χ1v) is 9.86. The summed E-state index contributed by atoms with van der Waals surface area (Å²) in [6.45, 7) is 3.09. The maximum absolute atomic E-state index is 15.1. The number of anilines is 1. The molecule has 1 aliphatic rings. The Hall–Kier alpha value is -3.74. The number of nitrogens with zero attached hydrogens (tertiary/aromatic N) is 4. The molecule has 7 heteroatoms. The Kier molecular flexibility index (Phi) is 4.43. The molecule has 0 unspecified atom stereocenters. The molecular formula is C23H20FN5O. The van der Waals surface area contributed by atoms with Gasteiger partial charge in [0.2, 0.25) is 0 Å². The van der Waals surface area contributed by atoms with Gasteiger partial charge < -0.3 is 10.2 Å². The largest absolute Gasteiger partial charge is 0.350 e. The summed E-state index contributed by atoms with van der Waals surface area (Å²) in [5, 5.41) is 2.84. The maximum atomic E-state index is 15.1. The fourth-order valence-electron chi connectivity index (χ4n) is 3.96. The summed E-state index contributed by atoms with van der Waals surface area (Å²) in [7, 11) is 0. The molecule has 0 saturated carbocycles. The quantitative estimate of drug-likeness (QED) is 0.566. The second-order valence-electron chi connectivity index (χ2n) is 7.29. The Morgan fingerprint density at radius 2 is 1.93 bits per heavy atom. The molecule has 1 aliphatic heterocycles. The minimum absolute atomic E-state index is 0.0356. The van der Waals surface area contributed by atoms with E-state index in [2.05, 4.69) is 27.1 Å². The van der Waals surface area contributed by atoms with E-state index < -0.39 is 5.82 Å². The fourth-order valence-corrected chi connectivity index (χ4v) is 3.96. The van der Waals surface area contributed by atoms with Crippen LogP contribution in [-0.4, -0.2) is 33.5 Å². The van der Waals surface area contributed by atoms with Gasteiger partial charge in [-0.15, -0.1) is 0 Å². The summed E-state index contributed by atoms with van der Waals surface area (Å²) in [4.78, 5) is 23.6. The highest BCUT2D eigenvalue weighted by Crippen LogP contribution is 2.32. The average Bonchev–Trinajstić information content (AvgIpc) is 3.14. The number of halogens is 1. The molecule has 0 fully saturated rings. The molecule has 1 aromatic carbocycles. The van der Waals surface area contributed by atoms with Crippen LogP contribution >= 0.6 is 0 Å². The highest BCUT2D eigenvalue weighted by Gasteiger charge is 2.28. The minimum atomic E-state index is -0.556. The lowest BCUT2D eigenvalue weighted by molar-refractivity contribution is 0.0957. The second-order valence-corrected chi connectivity index (χ2v) is 7.29. The van der Waals surface area contributed by atoms with E-state index in [1.165, 1.54) is 6.07 Å². The van der Waals surface area contributed by atoms with Crippen molar-refractivity contribution in [2.24, 2.45) is 0 Å². The summed E-state index contributed by atoms with van der Waals surface area (Å²) >= 11 is 0. The molecule has 1 atom stereocenters. The highest BCUT2D eigenvalue weighted by atomic mass is 19.1. The molecule has 0 saturated heterocycles.